The van der Waals surface area contributed by atoms with E-state index >= 15 is 0 Å². The summed E-state index contributed by atoms with van der Waals surface area (Å²) in [6, 6.07) is 0.546. The zero-order chi connectivity index (χ0) is 13.3. The fourth-order valence-electron chi connectivity index (χ4n) is 1.94. The Morgan fingerprint density at radius 2 is 1.83 bits per heavy atom. The Labute approximate surface area is 116 Å². The summed E-state index contributed by atoms with van der Waals surface area (Å²) in [7, 11) is 0. The van der Waals surface area contributed by atoms with Crippen molar-refractivity contribution in [1.29, 1.82) is 0 Å². The first-order valence-corrected chi connectivity index (χ1v) is 6.62. The Balaban J connectivity index is 2.24. The molecule has 0 aromatic heterocycles. The van der Waals surface area contributed by atoms with E-state index in [0.29, 0.717) is 6.07 Å². The molecule has 2 rings (SSSR count). The van der Waals surface area contributed by atoms with Gasteiger partial charge in [0.2, 0.25) is 0 Å². The number of esters is 1. The fourth-order valence-corrected chi connectivity index (χ4v) is 2.49. The first-order valence-electron chi connectivity index (χ1n) is 5.54. The molecule has 0 radical (unpaired) electrons. The molecule has 0 heterocycles. The maximum Gasteiger partial charge on any atom is 0.341 e. The maximum atomic E-state index is 13.7. The first-order chi connectivity index (χ1) is 8.50. The highest BCUT2D eigenvalue weighted by molar-refractivity contribution is 14.1. The average molecular weight is 370 g/mol. The van der Waals surface area contributed by atoms with Crippen LogP contribution in [0.15, 0.2) is 6.07 Å². The van der Waals surface area contributed by atoms with E-state index in [1.807, 2.05) is 0 Å². The molecule has 1 aromatic rings. The monoisotopic (exact) mass is 370 g/mol. The van der Waals surface area contributed by atoms with E-state index in [1.165, 1.54) is 22.6 Å². The highest BCUT2D eigenvalue weighted by atomic mass is 127. The third kappa shape index (κ3) is 2.62. The molecule has 0 bridgehead atoms. The zero-order valence-corrected chi connectivity index (χ0v) is 11.5. The van der Waals surface area contributed by atoms with Crippen LogP contribution in [0.2, 0.25) is 0 Å². The van der Waals surface area contributed by atoms with Gasteiger partial charge < -0.3 is 4.74 Å². The van der Waals surface area contributed by atoms with Gasteiger partial charge >= 0.3 is 5.97 Å². The average Bonchev–Trinajstić information content (AvgIpc) is 2.83. The van der Waals surface area contributed by atoms with Crippen LogP contribution in [0.1, 0.15) is 36.0 Å². The van der Waals surface area contributed by atoms with Crippen LogP contribution >= 0.6 is 22.6 Å². The second-order valence-corrected chi connectivity index (χ2v) is 5.24. The zero-order valence-electron chi connectivity index (χ0n) is 9.31. The van der Waals surface area contributed by atoms with Crippen LogP contribution < -0.4 is 0 Å². The van der Waals surface area contributed by atoms with E-state index in [1.54, 1.807) is 0 Å². The summed E-state index contributed by atoms with van der Waals surface area (Å²) in [5, 5.41) is 0. The molecular formula is C12H10F3IO2. The normalized spacial score (nSPS) is 16.0. The van der Waals surface area contributed by atoms with Crippen molar-refractivity contribution in [1.82, 2.24) is 0 Å². The lowest BCUT2D eigenvalue weighted by Crippen LogP contribution is -2.17. The van der Waals surface area contributed by atoms with Crippen LogP contribution in [0.4, 0.5) is 13.2 Å². The molecule has 18 heavy (non-hydrogen) atoms. The van der Waals surface area contributed by atoms with E-state index in [9.17, 15) is 18.0 Å². The van der Waals surface area contributed by atoms with Crippen LogP contribution in [-0.2, 0) is 4.74 Å². The maximum absolute atomic E-state index is 13.7. The molecule has 0 amide bonds. The van der Waals surface area contributed by atoms with Crippen LogP contribution in [-0.4, -0.2) is 12.1 Å². The van der Waals surface area contributed by atoms with Gasteiger partial charge in [-0.15, -0.1) is 0 Å². The highest BCUT2D eigenvalue weighted by Crippen LogP contribution is 2.25. The van der Waals surface area contributed by atoms with Crippen molar-refractivity contribution in [3.63, 3.8) is 0 Å². The third-order valence-corrected chi connectivity index (χ3v) is 3.85. The van der Waals surface area contributed by atoms with Crippen molar-refractivity contribution < 1.29 is 22.7 Å². The molecule has 0 aliphatic heterocycles. The van der Waals surface area contributed by atoms with Gasteiger partial charge in [0.05, 0.1) is 9.13 Å². The number of benzene rings is 1. The molecule has 0 unspecified atom stereocenters. The Hall–Kier alpha value is -0.790. The number of carbonyl (C=O) groups is 1. The summed E-state index contributed by atoms with van der Waals surface area (Å²) in [4.78, 5) is 11.7. The fraction of sp³-hybridized carbons (Fsp3) is 0.417. The lowest BCUT2D eigenvalue weighted by Gasteiger charge is -2.12. The van der Waals surface area contributed by atoms with Gasteiger partial charge in [0.1, 0.15) is 6.10 Å². The van der Waals surface area contributed by atoms with E-state index in [0.717, 1.165) is 25.7 Å². The number of ether oxygens (including phenoxy) is 1. The number of hydrogen-bond donors (Lipinski definition) is 0. The van der Waals surface area contributed by atoms with Crippen molar-refractivity contribution in [2.45, 2.75) is 31.8 Å². The topological polar surface area (TPSA) is 26.3 Å². The Morgan fingerprint density at radius 1 is 1.22 bits per heavy atom. The Bertz CT molecular complexity index is 485. The second kappa shape index (κ2) is 5.46. The van der Waals surface area contributed by atoms with Gasteiger partial charge in [-0.05, 0) is 54.3 Å². The highest BCUT2D eigenvalue weighted by Gasteiger charge is 2.25. The van der Waals surface area contributed by atoms with Crippen LogP contribution in [0.3, 0.4) is 0 Å². The molecule has 1 aliphatic carbocycles. The minimum absolute atomic E-state index is 0.248. The Morgan fingerprint density at radius 3 is 2.44 bits per heavy atom. The van der Waals surface area contributed by atoms with Crippen molar-refractivity contribution >= 4 is 28.6 Å². The predicted octanol–water partition coefficient (Wildman–Crippen LogP) is 3.81. The van der Waals surface area contributed by atoms with Gasteiger partial charge in [-0.25, -0.2) is 18.0 Å². The number of rotatable bonds is 2. The second-order valence-electron chi connectivity index (χ2n) is 4.16. The molecule has 1 aromatic carbocycles. The summed E-state index contributed by atoms with van der Waals surface area (Å²) in [6.45, 7) is 0. The number of carbonyl (C=O) groups excluding carboxylic acids is 1. The van der Waals surface area contributed by atoms with Crippen LogP contribution in [0.5, 0.6) is 0 Å². The smallest absolute Gasteiger partial charge is 0.341 e. The molecule has 1 saturated carbocycles. The van der Waals surface area contributed by atoms with E-state index in [-0.39, 0.29) is 6.10 Å². The number of hydrogen-bond acceptors (Lipinski definition) is 2. The van der Waals surface area contributed by atoms with Gasteiger partial charge in [-0.1, -0.05) is 0 Å². The van der Waals surface area contributed by atoms with Gasteiger partial charge in [0.15, 0.2) is 17.5 Å². The molecule has 1 fully saturated rings. The Kier molecular flexibility index (Phi) is 4.14. The first kappa shape index (κ1) is 13.6. The van der Waals surface area contributed by atoms with Gasteiger partial charge in [0, 0.05) is 0 Å². The lowest BCUT2D eigenvalue weighted by molar-refractivity contribution is 0.0311. The standard InChI is InChI=1S/C12H10F3IO2/c13-8-5-7(9(14)11(16)10(8)15)12(17)18-6-3-1-2-4-6/h5-6H,1-4H2. The van der Waals surface area contributed by atoms with Crippen molar-refractivity contribution in [3.05, 3.63) is 32.7 Å². The van der Waals surface area contributed by atoms with Gasteiger partial charge in [0.25, 0.3) is 0 Å². The molecule has 0 N–H and O–H groups in total. The summed E-state index contributed by atoms with van der Waals surface area (Å²) in [6.07, 6.45) is 3.12. The molecular weight excluding hydrogens is 360 g/mol. The predicted molar refractivity (Wildman–Crippen MR) is 66.7 cm³/mol. The van der Waals surface area contributed by atoms with Gasteiger partial charge in [-0.3, -0.25) is 0 Å². The molecule has 0 saturated heterocycles. The van der Waals surface area contributed by atoms with E-state index < -0.39 is 32.6 Å². The number of halogens is 4. The molecule has 1 aliphatic rings. The lowest BCUT2D eigenvalue weighted by atomic mass is 10.2. The van der Waals surface area contributed by atoms with Crippen molar-refractivity contribution in [2.24, 2.45) is 0 Å². The SMILES string of the molecule is O=C(OC1CCCC1)c1cc(F)c(F)c(I)c1F. The van der Waals surface area contributed by atoms with Crippen LogP contribution in [0, 0.1) is 21.0 Å². The van der Waals surface area contributed by atoms with Crippen molar-refractivity contribution in [3.8, 4) is 0 Å². The molecule has 6 heteroatoms. The third-order valence-electron chi connectivity index (χ3n) is 2.90. The minimum atomic E-state index is -1.29. The summed E-state index contributed by atoms with van der Waals surface area (Å²) >= 11 is 1.32. The molecule has 0 spiro atoms. The minimum Gasteiger partial charge on any atom is -0.459 e. The van der Waals surface area contributed by atoms with Crippen LogP contribution in [0.25, 0.3) is 0 Å². The largest absolute Gasteiger partial charge is 0.459 e. The van der Waals surface area contributed by atoms with E-state index in [4.69, 9.17) is 4.74 Å². The summed E-state index contributed by atoms with van der Waals surface area (Å²) in [5.41, 5.74) is -0.551. The summed E-state index contributed by atoms with van der Waals surface area (Å²) < 4.78 is 44.4. The molecule has 0 atom stereocenters. The molecule has 98 valence electrons. The quantitative estimate of drug-likeness (QED) is 0.343. The van der Waals surface area contributed by atoms with E-state index in [2.05, 4.69) is 0 Å². The summed E-state index contributed by atoms with van der Waals surface area (Å²) in [5.74, 6) is -4.54. The molecule has 2 nitrogen and oxygen atoms in total. The van der Waals surface area contributed by atoms with Gasteiger partial charge in [-0.2, -0.15) is 0 Å². The van der Waals surface area contributed by atoms with Crippen molar-refractivity contribution in [2.75, 3.05) is 0 Å².